The second-order valence-electron chi connectivity index (χ2n) is 4.33. The number of hydrogen-bond acceptors (Lipinski definition) is 4. The van der Waals surface area contributed by atoms with Crippen molar-refractivity contribution in [3.05, 3.63) is 58.1 Å². The number of carbonyl (C=O) groups is 1. The van der Waals surface area contributed by atoms with E-state index in [-0.39, 0.29) is 6.61 Å². The summed E-state index contributed by atoms with van der Waals surface area (Å²) in [5.74, 6) is 0.371. The summed E-state index contributed by atoms with van der Waals surface area (Å²) in [6.07, 6.45) is -0.581. The van der Waals surface area contributed by atoms with Crippen LogP contribution in [0.3, 0.4) is 0 Å². The van der Waals surface area contributed by atoms with Gasteiger partial charge >= 0.3 is 6.09 Å². The van der Waals surface area contributed by atoms with Crippen molar-refractivity contribution in [2.75, 3.05) is 12.4 Å². The molecule has 22 heavy (non-hydrogen) atoms. The molecule has 0 heterocycles. The third-order valence-corrected chi connectivity index (χ3v) is 3.47. The van der Waals surface area contributed by atoms with Crippen molar-refractivity contribution >= 4 is 27.7 Å². The first kappa shape index (κ1) is 15.9. The number of nitriles is 1. The molecule has 0 aromatic heterocycles. The molecular formula is C16H13BrN2O3. The molecule has 0 bridgehead atoms. The van der Waals surface area contributed by atoms with E-state index in [0.29, 0.717) is 21.5 Å². The predicted octanol–water partition coefficient (Wildman–Crippen LogP) is 4.08. The molecule has 6 heteroatoms. The summed E-state index contributed by atoms with van der Waals surface area (Å²) >= 11 is 3.27. The fourth-order valence-electron chi connectivity index (χ4n) is 1.80. The summed E-state index contributed by atoms with van der Waals surface area (Å²) in [6, 6.07) is 14.6. The van der Waals surface area contributed by atoms with E-state index in [2.05, 4.69) is 21.2 Å². The molecule has 112 valence electrons. The van der Waals surface area contributed by atoms with Crippen molar-refractivity contribution in [2.45, 2.75) is 6.61 Å². The van der Waals surface area contributed by atoms with Gasteiger partial charge in [0.1, 0.15) is 24.0 Å². The van der Waals surface area contributed by atoms with E-state index in [9.17, 15) is 4.79 Å². The average Bonchev–Trinajstić information content (AvgIpc) is 2.53. The summed E-state index contributed by atoms with van der Waals surface area (Å²) in [5.41, 5.74) is 1.74. The van der Waals surface area contributed by atoms with Crippen LogP contribution in [0.2, 0.25) is 0 Å². The number of nitrogens with one attached hydrogen (secondary N) is 1. The summed E-state index contributed by atoms with van der Waals surface area (Å²) in [4.78, 5) is 11.8. The lowest BCUT2D eigenvalue weighted by atomic mass is 10.2. The van der Waals surface area contributed by atoms with Crippen molar-refractivity contribution in [2.24, 2.45) is 0 Å². The van der Waals surface area contributed by atoms with Crippen LogP contribution in [0.5, 0.6) is 5.75 Å². The van der Waals surface area contributed by atoms with Crippen LogP contribution in [-0.4, -0.2) is 13.2 Å². The lowest BCUT2D eigenvalue weighted by molar-refractivity contribution is 0.155. The standard InChI is InChI=1S/C16H13BrN2O3/c1-21-15-8-12(7-14(17)13(15)9-18)19-16(20)22-10-11-5-3-2-4-6-11/h2-8H,10H2,1H3,(H,19,20). The van der Waals surface area contributed by atoms with E-state index in [1.54, 1.807) is 12.1 Å². The number of rotatable bonds is 4. The lowest BCUT2D eigenvalue weighted by Gasteiger charge is -2.10. The number of hydrogen-bond donors (Lipinski definition) is 1. The Morgan fingerprint density at radius 2 is 2.05 bits per heavy atom. The molecule has 1 N–H and O–H groups in total. The maximum Gasteiger partial charge on any atom is 0.411 e. The number of methoxy groups -OCH3 is 1. The Hall–Kier alpha value is -2.52. The van der Waals surface area contributed by atoms with Crippen LogP contribution in [0.15, 0.2) is 46.9 Å². The second-order valence-corrected chi connectivity index (χ2v) is 5.19. The van der Waals surface area contributed by atoms with Gasteiger partial charge in [-0.25, -0.2) is 4.79 Å². The number of carbonyl (C=O) groups excluding carboxylic acids is 1. The van der Waals surface area contributed by atoms with E-state index < -0.39 is 6.09 Å². The number of ether oxygens (including phenoxy) is 2. The van der Waals surface area contributed by atoms with Crippen molar-refractivity contribution in [1.29, 1.82) is 5.26 Å². The summed E-state index contributed by atoms with van der Waals surface area (Å²) in [6.45, 7) is 0.182. The van der Waals surface area contributed by atoms with E-state index in [1.165, 1.54) is 7.11 Å². The van der Waals surface area contributed by atoms with Crippen LogP contribution < -0.4 is 10.1 Å². The number of amides is 1. The van der Waals surface area contributed by atoms with Crippen LogP contribution in [0.25, 0.3) is 0 Å². The quantitative estimate of drug-likeness (QED) is 0.891. The SMILES string of the molecule is COc1cc(NC(=O)OCc2ccccc2)cc(Br)c1C#N. The van der Waals surface area contributed by atoms with Gasteiger partial charge < -0.3 is 9.47 Å². The molecule has 0 fully saturated rings. The largest absolute Gasteiger partial charge is 0.495 e. The maximum absolute atomic E-state index is 11.8. The Balaban J connectivity index is 2.03. The molecule has 1 amide bonds. The molecular weight excluding hydrogens is 348 g/mol. The average molecular weight is 361 g/mol. The molecule has 0 unspecified atom stereocenters. The van der Waals surface area contributed by atoms with Gasteiger partial charge in [0.25, 0.3) is 0 Å². The summed E-state index contributed by atoms with van der Waals surface area (Å²) in [5, 5.41) is 11.6. The molecule has 0 radical (unpaired) electrons. The highest BCUT2D eigenvalue weighted by molar-refractivity contribution is 9.10. The Morgan fingerprint density at radius 1 is 1.32 bits per heavy atom. The van der Waals surface area contributed by atoms with E-state index in [4.69, 9.17) is 14.7 Å². The van der Waals surface area contributed by atoms with E-state index in [1.807, 2.05) is 36.4 Å². The van der Waals surface area contributed by atoms with Gasteiger partial charge in [-0.2, -0.15) is 5.26 Å². The van der Waals surface area contributed by atoms with E-state index in [0.717, 1.165) is 5.56 Å². The zero-order valence-corrected chi connectivity index (χ0v) is 13.4. The van der Waals surface area contributed by atoms with Crippen LogP contribution in [0.1, 0.15) is 11.1 Å². The van der Waals surface area contributed by atoms with Crippen molar-refractivity contribution in [3.63, 3.8) is 0 Å². The molecule has 2 aromatic carbocycles. The second kappa shape index (κ2) is 7.48. The normalized spacial score (nSPS) is 9.68. The molecule has 0 aliphatic carbocycles. The molecule has 2 rings (SSSR count). The monoisotopic (exact) mass is 360 g/mol. The first-order valence-electron chi connectivity index (χ1n) is 6.39. The molecule has 5 nitrogen and oxygen atoms in total. The molecule has 0 aliphatic rings. The van der Waals surface area contributed by atoms with Gasteiger partial charge in [-0.1, -0.05) is 30.3 Å². The maximum atomic E-state index is 11.8. The topological polar surface area (TPSA) is 71.3 Å². The zero-order chi connectivity index (χ0) is 15.9. The Labute approximate surface area is 136 Å². The number of nitrogens with zero attached hydrogens (tertiary/aromatic N) is 1. The highest BCUT2D eigenvalue weighted by Crippen LogP contribution is 2.30. The molecule has 0 atom stereocenters. The fraction of sp³-hybridized carbons (Fsp3) is 0.125. The lowest BCUT2D eigenvalue weighted by Crippen LogP contribution is -2.13. The smallest absolute Gasteiger partial charge is 0.411 e. The van der Waals surface area contributed by atoms with Gasteiger partial charge in [-0.3, -0.25) is 5.32 Å². The minimum atomic E-state index is -0.581. The van der Waals surface area contributed by atoms with Gasteiger partial charge in [0.2, 0.25) is 0 Å². The minimum Gasteiger partial charge on any atom is -0.495 e. The number of halogens is 1. The van der Waals surface area contributed by atoms with Crippen molar-refractivity contribution < 1.29 is 14.3 Å². The number of benzene rings is 2. The van der Waals surface area contributed by atoms with Gasteiger partial charge in [0.05, 0.1) is 7.11 Å². The van der Waals surface area contributed by atoms with Crippen molar-refractivity contribution in [1.82, 2.24) is 0 Å². The first-order chi connectivity index (χ1) is 10.6. The Kier molecular flexibility index (Phi) is 5.39. The summed E-state index contributed by atoms with van der Waals surface area (Å²) < 4.78 is 10.8. The van der Waals surface area contributed by atoms with Gasteiger partial charge in [0.15, 0.2) is 0 Å². The van der Waals surface area contributed by atoms with Crippen LogP contribution in [-0.2, 0) is 11.3 Å². The van der Waals surface area contributed by atoms with E-state index >= 15 is 0 Å². The highest BCUT2D eigenvalue weighted by Gasteiger charge is 2.12. The molecule has 0 aliphatic heterocycles. The summed E-state index contributed by atoms with van der Waals surface area (Å²) in [7, 11) is 1.46. The predicted molar refractivity (Wildman–Crippen MR) is 85.7 cm³/mol. The third kappa shape index (κ3) is 3.99. The highest BCUT2D eigenvalue weighted by atomic mass is 79.9. The van der Waals surface area contributed by atoms with Crippen LogP contribution in [0.4, 0.5) is 10.5 Å². The van der Waals surface area contributed by atoms with Crippen LogP contribution >= 0.6 is 15.9 Å². The Morgan fingerprint density at radius 3 is 2.68 bits per heavy atom. The van der Waals surface area contributed by atoms with Gasteiger partial charge in [-0.15, -0.1) is 0 Å². The van der Waals surface area contributed by atoms with Crippen LogP contribution in [0, 0.1) is 11.3 Å². The zero-order valence-electron chi connectivity index (χ0n) is 11.8. The van der Waals surface area contributed by atoms with Crippen molar-refractivity contribution in [3.8, 4) is 11.8 Å². The Bertz CT molecular complexity index is 711. The van der Waals surface area contributed by atoms with Gasteiger partial charge in [0, 0.05) is 16.2 Å². The van der Waals surface area contributed by atoms with Gasteiger partial charge in [-0.05, 0) is 27.6 Å². The third-order valence-electron chi connectivity index (χ3n) is 2.84. The molecule has 2 aromatic rings. The minimum absolute atomic E-state index is 0.182. The number of anilines is 1. The molecule has 0 saturated carbocycles. The molecule has 0 spiro atoms. The fourth-order valence-corrected chi connectivity index (χ4v) is 2.33. The molecule has 0 saturated heterocycles. The first-order valence-corrected chi connectivity index (χ1v) is 7.18.